The zero-order valence-electron chi connectivity index (χ0n) is 27.0. The predicted molar refractivity (Wildman–Crippen MR) is 190 cm³/mol. The van der Waals surface area contributed by atoms with Crippen LogP contribution in [0.3, 0.4) is 0 Å². The molecule has 0 unspecified atom stereocenters. The topological polar surface area (TPSA) is 70.7 Å². The zero-order valence-corrected chi connectivity index (χ0v) is 27.0. The van der Waals surface area contributed by atoms with Crippen molar-refractivity contribution < 1.29 is 14.4 Å². The molecule has 0 aliphatic heterocycles. The van der Waals surface area contributed by atoms with E-state index in [1.165, 1.54) is 0 Å². The summed E-state index contributed by atoms with van der Waals surface area (Å²) in [5.41, 5.74) is 4.37. The van der Waals surface area contributed by atoms with E-state index in [-0.39, 0.29) is 18.1 Å². The van der Waals surface area contributed by atoms with Crippen LogP contribution in [-0.2, 0) is 0 Å². The van der Waals surface area contributed by atoms with Gasteiger partial charge in [0.2, 0.25) is 0 Å². The summed E-state index contributed by atoms with van der Waals surface area (Å²) in [6.07, 6.45) is 0. The third-order valence-corrected chi connectivity index (χ3v) is 8.24. The Bertz CT molecular complexity index is 1840. The maximum absolute atomic E-state index is 13.4. The van der Waals surface area contributed by atoms with E-state index in [4.69, 9.17) is 0 Å². The van der Waals surface area contributed by atoms with E-state index in [0.717, 1.165) is 22.1 Å². The number of nitrogens with zero attached hydrogens (tertiary/aromatic N) is 6. The van der Waals surface area contributed by atoms with Gasteiger partial charge in [-0.1, -0.05) is 54.6 Å². The van der Waals surface area contributed by atoms with Crippen molar-refractivity contribution in [2.45, 2.75) is 0 Å². The Balaban J connectivity index is 1.23. The molecule has 0 spiro atoms. The van der Waals surface area contributed by atoms with Gasteiger partial charge in [-0.15, -0.1) is 0 Å². The third-order valence-electron chi connectivity index (χ3n) is 8.24. The van der Waals surface area contributed by atoms with Crippen LogP contribution in [0.2, 0.25) is 0 Å². The molecule has 9 heteroatoms. The standard InChI is InChI=1S/C37H38N6O3/c1-38(28-15-8-7-9-16-28)35(44)39(2)29-19-21-30(22-20-29)40(3)36(45)41(4)31-23-25-32(26-24-31)42(5)37(46)43(6)34-18-12-14-27-13-10-11-17-33(27)34/h7-26H,1-6H3. The quantitative estimate of drug-likeness (QED) is 0.195. The number of carbonyl (C=O) groups is 3. The number of hydrogen-bond acceptors (Lipinski definition) is 3. The maximum Gasteiger partial charge on any atom is 0.328 e. The molecule has 0 aliphatic carbocycles. The molecule has 0 saturated heterocycles. The fourth-order valence-corrected chi connectivity index (χ4v) is 5.28. The lowest BCUT2D eigenvalue weighted by Crippen LogP contribution is -2.40. The van der Waals surface area contributed by atoms with Crippen LogP contribution in [0.5, 0.6) is 0 Å². The molecule has 5 aromatic rings. The summed E-state index contributed by atoms with van der Waals surface area (Å²) in [7, 11) is 10.4. The van der Waals surface area contributed by atoms with Gasteiger partial charge in [0, 0.05) is 76.1 Å². The van der Waals surface area contributed by atoms with Crippen LogP contribution in [0.4, 0.5) is 48.5 Å². The van der Waals surface area contributed by atoms with Crippen molar-refractivity contribution in [1.29, 1.82) is 0 Å². The lowest BCUT2D eigenvalue weighted by Gasteiger charge is -2.28. The first-order chi connectivity index (χ1) is 22.1. The highest BCUT2D eigenvalue weighted by Crippen LogP contribution is 2.29. The van der Waals surface area contributed by atoms with E-state index >= 15 is 0 Å². The Morgan fingerprint density at radius 3 is 1.11 bits per heavy atom. The van der Waals surface area contributed by atoms with Gasteiger partial charge in [-0.25, -0.2) is 14.4 Å². The summed E-state index contributed by atoms with van der Waals surface area (Å²) in [4.78, 5) is 49.3. The predicted octanol–water partition coefficient (Wildman–Crippen LogP) is 7.92. The molecule has 0 fully saturated rings. The summed E-state index contributed by atoms with van der Waals surface area (Å²) in [6.45, 7) is 0. The Kier molecular flexibility index (Phi) is 9.23. The van der Waals surface area contributed by atoms with Crippen molar-refractivity contribution in [1.82, 2.24) is 0 Å². The van der Waals surface area contributed by atoms with Gasteiger partial charge in [0.05, 0.1) is 5.69 Å². The second-order valence-electron chi connectivity index (χ2n) is 11.1. The Hall–Kier alpha value is -5.83. The van der Waals surface area contributed by atoms with Crippen LogP contribution >= 0.6 is 0 Å². The van der Waals surface area contributed by atoms with Crippen LogP contribution in [0.25, 0.3) is 10.8 Å². The van der Waals surface area contributed by atoms with Gasteiger partial charge in [-0.2, -0.15) is 0 Å². The molecule has 0 heterocycles. The zero-order chi connectivity index (χ0) is 33.0. The highest BCUT2D eigenvalue weighted by atomic mass is 16.2. The number of fused-ring (bicyclic) bond motifs is 1. The minimum atomic E-state index is -0.242. The molecule has 5 rings (SSSR count). The second kappa shape index (κ2) is 13.4. The van der Waals surface area contributed by atoms with Crippen molar-refractivity contribution in [3.63, 3.8) is 0 Å². The Labute approximate surface area is 270 Å². The SMILES string of the molecule is CN(C(=O)N(C)c1ccc(N(C)C(=O)N(C)c2ccc(N(C)C(=O)N(C)c3cccc4ccccc34)cc2)cc1)c1ccccc1. The number of urea groups is 3. The lowest BCUT2D eigenvalue weighted by molar-refractivity contribution is 0.253. The molecule has 0 bridgehead atoms. The molecule has 0 saturated carbocycles. The van der Waals surface area contributed by atoms with Gasteiger partial charge < -0.3 is 0 Å². The van der Waals surface area contributed by atoms with E-state index in [9.17, 15) is 14.4 Å². The van der Waals surface area contributed by atoms with Crippen molar-refractivity contribution in [3.8, 4) is 0 Å². The summed E-state index contributed by atoms with van der Waals surface area (Å²) in [6, 6.07) is 37.2. The molecule has 0 aliphatic rings. The molecular weight excluding hydrogens is 576 g/mol. The molecule has 5 aromatic carbocycles. The fourth-order valence-electron chi connectivity index (χ4n) is 5.28. The number of para-hydroxylation sites is 1. The van der Waals surface area contributed by atoms with Crippen LogP contribution in [0.1, 0.15) is 0 Å². The summed E-state index contributed by atoms with van der Waals surface area (Å²) in [5.74, 6) is 0. The molecule has 46 heavy (non-hydrogen) atoms. The summed E-state index contributed by atoms with van der Waals surface area (Å²) in [5, 5.41) is 2.06. The molecule has 6 amide bonds. The molecule has 0 atom stereocenters. The number of anilines is 6. The van der Waals surface area contributed by atoms with Crippen molar-refractivity contribution in [3.05, 3.63) is 121 Å². The van der Waals surface area contributed by atoms with Crippen LogP contribution in [-0.4, -0.2) is 60.4 Å². The van der Waals surface area contributed by atoms with E-state index in [1.54, 1.807) is 71.7 Å². The van der Waals surface area contributed by atoms with Crippen molar-refractivity contribution in [2.24, 2.45) is 0 Å². The number of benzene rings is 5. The molecule has 0 N–H and O–H groups in total. The minimum absolute atomic E-state index is 0.181. The first-order valence-corrected chi connectivity index (χ1v) is 14.9. The third kappa shape index (κ3) is 6.34. The molecule has 234 valence electrons. The van der Waals surface area contributed by atoms with E-state index < -0.39 is 0 Å². The summed E-state index contributed by atoms with van der Waals surface area (Å²) >= 11 is 0. The average molecular weight is 615 g/mol. The molecule has 9 nitrogen and oxygen atoms in total. The van der Waals surface area contributed by atoms with Gasteiger partial charge in [0.15, 0.2) is 0 Å². The summed E-state index contributed by atoms with van der Waals surface area (Å²) < 4.78 is 0. The van der Waals surface area contributed by atoms with Crippen LogP contribution in [0.15, 0.2) is 121 Å². The lowest BCUT2D eigenvalue weighted by atomic mass is 10.1. The first-order valence-electron chi connectivity index (χ1n) is 14.9. The Morgan fingerprint density at radius 1 is 0.348 bits per heavy atom. The van der Waals surface area contributed by atoms with E-state index in [0.29, 0.717) is 22.7 Å². The fraction of sp³-hybridized carbons (Fsp3) is 0.162. The maximum atomic E-state index is 13.4. The largest absolute Gasteiger partial charge is 0.328 e. The average Bonchev–Trinajstić information content (AvgIpc) is 3.12. The Morgan fingerprint density at radius 2 is 0.674 bits per heavy atom. The monoisotopic (exact) mass is 614 g/mol. The highest BCUT2D eigenvalue weighted by Gasteiger charge is 2.22. The number of hydrogen-bond donors (Lipinski definition) is 0. The molecule has 0 aromatic heterocycles. The number of rotatable bonds is 6. The van der Waals surface area contributed by atoms with Gasteiger partial charge >= 0.3 is 18.1 Å². The number of carbonyl (C=O) groups excluding carboxylic acids is 3. The smallest absolute Gasteiger partial charge is 0.297 e. The minimum Gasteiger partial charge on any atom is -0.297 e. The van der Waals surface area contributed by atoms with Gasteiger partial charge in [-0.05, 0) is 72.1 Å². The van der Waals surface area contributed by atoms with Gasteiger partial charge in [0.25, 0.3) is 0 Å². The van der Waals surface area contributed by atoms with Crippen LogP contribution in [0, 0.1) is 0 Å². The van der Waals surface area contributed by atoms with Gasteiger partial charge in [0.1, 0.15) is 0 Å². The van der Waals surface area contributed by atoms with Gasteiger partial charge in [-0.3, -0.25) is 29.4 Å². The highest BCUT2D eigenvalue weighted by molar-refractivity contribution is 6.09. The molecule has 0 radical (unpaired) electrons. The van der Waals surface area contributed by atoms with Crippen molar-refractivity contribution in [2.75, 3.05) is 71.7 Å². The number of amides is 6. The van der Waals surface area contributed by atoms with Crippen molar-refractivity contribution >= 4 is 63.0 Å². The first kappa shape index (κ1) is 31.6. The second-order valence-corrected chi connectivity index (χ2v) is 11.1. The van der Waals surface area contributed by atoms with E-state index in [1.807, 2.05) is 121 Å². The molecular formula is C37H38N6O3. The normalized spacial score (nSPS) is 10.7. The van der Waals surface area contributed by atoms with Crippen LogP contribution < -0.4 is 29.4 Å². The van der Waals surface area contributed by atoms with E-state index in [2.05, 4.69) is 0 Å².